The fourth-order valence-electron chi connectivity index (χ4n) is 2.31. The largest absolute Gasteiger partial charge is 0.337 e. The average molecular weight is 238 g/mol. The maximum Gasteiger partial charge on any atom is 0.254 e. The molecule has 0 unspecified atom stereocenters. The van der Waals surface area contributed by atoms with Crippen LogP contribution in [-0.4, -0.2) is 29.9 Å². The lowest BCUT2D eigenvalue weighted by molar-refractivity contribution is 0.0786. The van der Waals surface area contributed by atoms with Gasteiger partial charge in [0.1, 0.15) is 0 Å². The first-order valence-corrected chi connectivity index (χ1v) is 6.73. The molecule has 88 valence electrons. The zero-order valence-corrected chi connectivity index (χ0v) is 10.4. The van der Waals surface area contributed by atoms with E-state index in [4.69, 9.17) is 5.73 Å². The third-order valence-electron chi connectivity index (χ3n) is 3.21. The van der Waals surface area contributed by atoms with Crippen molar-refractivity contribution in [2.75, 3.05) is 13.1 Å². The van der Waals surface area contributed by atoms with Crippen LogP contribution in [0.1, 0.15) is 30.1 Å². The van der Waals surface area contributed by atoms with E-state index in [0.717, 1.165) is 24.9 Å². The van der Waals surface area contributed by atoms with Gasteiger partial charge < -0.3 is 10.6 Å². The number of hydrogen-bond acceptors (Lipinski definition) is 3. The summed E-state index contributed by atoms with van der Waals surface area (Å²) in [7, 11) is 0. The van der Waals surface area contributed by atoms with Crippen LogP contribution < -0.4 is 5.73 Å². The molecule has 0 spiro atoms. The van der Waals surface area contributed by atoms with Gasteiger partial charge in [-0.3, -0.25) is 4.79 Å². The van der Waals surface area contributed by atoms with Gasteiger partial charge in [0, 0.05) is 24.5 Å². The van der Waals surface area contributed by atoms with Crippen LogP contribution in [0.3, 0.4) is 0 Å². The topological polar surface area (TPSA) is 46.3 Å². The molecule has 0 aliphatic carbocycles. The monoisotopic (exact) mass is 238 g/mol. The Kier molecular flexibility index (Phi) is 3.61. The fourth-order valence-corrected chi connectivity index (χ4v) is 2.94. The predicted octanol–water partition coefficient (Wildman–Crippen LogP) is 1.95. The van der Waals surface area contributed by atoms with Crippen LogP contribution in [0.2, 0.25) is 0 Å². The van der Waals surface area contributed by atoms with Crippen LogP contribution >= 0.6 is 11.3 Å². The molecular weight excluding hydrogens is 220 g/mol. The first-order valence-electron chi connectivity index (χ1n) is 5.79. The molecule has 1 fully saturated rings. The second kappa shape index (κ2) is 4.97. The molecule has 0 radical (unpaired) electrons. The summed E-state index contributed by atoms with van der Waals surface area (Å²) in [5, 5.41) is 3.84. The van der Waals surface area contributed by atoms with E-state index in [1.54, 1.807) is 11.3 Å². The lowest BCUT2D eigenvalue weighted by Gasteiger charge is -2.15. The molecule has 1 aromatic rings. The van der Waals surface area contributed by atoms with E-state index in [1.165, 1.54) is 0 Å². The summed E-state index contributed by atoms with van der Waals surface area (Å²) < 4.78 is 0. The molecule has 16 heavy (non-hydrogen) atoms. The lowest BCUT2D eigenvalue weighted by atomic mass is 9.99. The fraction of sp³-hybridized carbons (Fsp3) is 0.583. The van der Waals surface area contributed by atoms with Gasteiger partial charge in [0.05, 0.1) is 5.56 Å². The normalized spacial score (nSPS) is 25.0. The summed E-state index contributed by atoms with van der Waals surface area (Å²) in [6.07, 6.45) is 2.26. The number of hydrogen-bond donors (Lipinski definition) is 1. The molecule has 2 atom stereocenters. The third kappa shape index (κ3) is 2.28. The molecule has 1 saturated heterocycles. The highest BCUT2D eigenvalue weighted by molar-refractivity contribution is 7.08. The number of likely N-dealkylation sites (tertiary alicyclic amines) is 1. The highest BCUT2D eigenvalue weighted by Crippen LogP contribution is 2.22. The van der Waals surface area contributed by atoms with Crippen molar-refractivity contribution < 1.29 is 4.79 Å². The summed E-state index contributed by atoms with van der Waals surface area (Å²) >= 11 is 1.56. The van der Waals surface area contributed by atoms with Gasteiger partial charge in [-0.25, -0.2) is 0 Å². The minimum absolute atomic E-state index is 0.135. The Bertz CT molecular complexity index is 350. The molecule has 1 aliphatic rings. The Morgan fingerprint density at radius 3 is 3.06 bits per heavy atom. The minimum atomic E-state index is 0.135. The van der Waals surface area contributed by atoms with E-state index in [1.807, 2.05) is 21.7 Å². The molecule has 2 heterocycles. The molecule has 4 heteroatoms. The second-order valence-corrected chi connectivity index (χ2v) is 5.21. The van der Waals surface area contributed by atoms with Crippen LogP contribution in [0.5, 0.6) is 0 Å². The molecular formula is C12H18N2OS. The van der Waals surface area contributed by atoms with E-state index in [2.05, 4.69) is 6.92 Å². The van der Waals surface area contributed by atoms with E-state index in [-0.39, 0.29) is 11.9 Å². The highest BCUT2D eigenvalue weighted by Gasteiger charge is 2.32. The first-order chi connectivity index (χ1) is 7.72. The van der Waals surface area contributed by atoms with E-state index < -0.39 is 0 Å². The molecule has 2 rings (SSSR count). The van der Waals surface area contributed by atoms with Gasteiger partial charge in [-0.15, -0.1) is 0 Å². The minimum Gasteiger partial charge on any atom is -0.337 e. The maximum absolute atomic E-state index is 12.1. The summed E-state index contributed by atoms with van der Waals surface area (Å²) in [6, 6.07) is 2.04. The molecule has 1 aromatic heterocycles. The molecule has 0 aromatic carbocycles. The number of thiophene rings is 1. The van der Waals surface area contributed by atoms with Gasteiger partial charge in [0.15, 0.2) is 0 Å². The van der Waals surface area contributed by atoms with Gasteiger partial charge in [-0.05, 0) is 23.8 Å². The standard InChI is InChI=1S/C12H18N2OS/c1-2-3-9-6-14(7-11(9)13)12(15)10-4-5-16-8-10/h4-5,8-9,11H,2-3,6-7,13H2,1H3/t9-,11-/m1/s1. The third-order valence-corrected chi connectivity index (χ3v) is 3.89. The Labute approximate surface area is 100 Å². The lowest BCUT2D eigenvalue weighted by Crippen LogP contribution is -2.32. The number of nitrogens with zero attached hydrogens (tertiary/aromatic N) is 1. The van der Waals surface area contributed by atoms with Crippen LogP contribution in [0.4, 0.5) is 0 Å². The van der Waals surface area contributed by atoms with Crippen molar-refractivity contribution in [2.45, 2.75) is 25.8 Å². The van der Waals surface area contributed by atoms with Crippen LogP contribution in [0.15, 0.2) is 16.8 Å². The predicted molar refractivity (Wildman–Crippen MR) is 66.6 cm³/mol. The van der Waals surface area contributed by atoms with E-state index >= 15 is 0 Å². The van der Waals surface area contributed by atoms with Gasteiger partial charge >= 0.3 is 0 Å². The SMILES string of the molecule is CCC[C@@H]1CN(C(=O)c2ccsc2)C[C@H]1N. The Hall–Kier alpha value is -0.870. The maximum atomic E-state index is 12.1. The Morgan fingerprint density at radius 2 is 2.44 bits per heavy atom. The molecule has 2 N–H and O–H groups in total. The van der Waals surface area contributed by atoms with Gasteiger partial charge in [-0.2, -0.15) is 11.3 Å². The number of carbonyl (C=O) groups excluding carboxylic acids is 1. The second-order valence-electron chi connectivity index (χ2n) is 4.43. The van der Waals surface area contributed by atoms with Gasteiger partial charge in [-0.1, -0.05) is 13.3 Å². The Morgan fingerprint density at radius 1 is 1.62 bits per heavy atom. The van der Waals surface area contributed by atoms with Crippen molar-refractivity contribution in [1.82, 2.24) is 4.90 Å². The summed E-state index contributed by atoms with van der Waals surface area (Å²) in [4.78, 5) is 14.0. The summed E-state index contributed by atoms with van der Waals surface area (Å²) in [5.41, 5.74) is 6.86. The molecule has 3 nitrogen and oxygen atoms in total. The summed E-state index contributed by atoms with van der Waals surface area (Å²) in [5.74, 6) is 0.614. The molecule has 1 amide bonds. The zero-order chi connectivity index (χ0) is 11.5. The number of nitrogens with two attached hydrogens (primary N) is 1. The Balaban J connectivity index is 2.00. The van der Waals surface area contributed by atoms with Gasteiger partial charge in [0.2, 0.25) is 0 Å². The molecule has 0 bridgehead atoms. The van der Waals surface area contributed by atoms with Crippen molar-refractivity contribution in [2.24, 2.45) is 11.7 Å². The van der Waals surface area contributed by atoms with Crippen molar-refractivity contribution in [1.29, 1.82) is 0 Å². The quantitative estimate of drug-likeness (QED) is 0.875. The van der Waals surface area contributed by atoms with E-state index in [9.17, 15) is 4.79 Å². The van der Waals surface area contributed by atoms with Gasteiger partial charge in [0.25, 0.3) is 5.91 Å². The van der Waals surface area contributed by atoms with Crippen LogP contribution in [0.25, 0.3) is 0 Å². The number of carbonyl (C=O) groups is 1. The highest BCUT2D eigenvalue weighted by atomic mass is 32.1. The smallest absolute Gasteiger partial charge is 0.254 e. The molecule has 0 saturated carbocycles. The van der Waals surface area contributed by atoms with Crippen LogP contribution in [-0.2, 0) is 0 Å². The van der Waals surface area contributed by atoms with Crippen molar-refractivity contribution in [3.8, 4) is 0 Å². The van der Waals surface area contributed by atoms with E-state index in [0.29, 0.717) is 12.5 Å². The summed E-state index contributed by atoms with van der Waals surface area (Å²) in [6.45, 7) is 3.69. The van der Waals surface area contributed by atoms with Crippen molar-refractivity contribution >= 4 is 17.2 Å². The first kappa shape index (κ1) is 11.6. The average Bonchev–Trinajstić information content (AvgIpc) is 2.88. The van der Waals surface area contributed by atoms with Crippen molar-refractivity contribution in [3.05, 3.63) is 22.4 Å². The van der Waals surface area contributed by atoms with Crippen LogP contribution in [0, 0.1) is 5.92 Å². The molecule has 1 aliphatic heterocycles. The zero-order valence-electron chi connectivity index (χ0n) is 9.56. The number of rotatable bonds is 3. The van der Waals surface area contributed by atoms with Crippen molar-refractivity contribution in [3.63, 3.8) is 0 Å². The number of amides is 1.